The molecule has 1 amide bonds. The number of benzene rings is 2. The third kappa shape index (κ3) is 5.53. The largest absolute Gasteiger partial charge is 0.366 e. The lowest BCUT2D eigenvalue weighted by molar-refractivity contribution is 0.100. The molecule has 0 bridgehead atoms. The van der Waals surface area contributed by atoms with Gasteiger partial charge in [-0.3, -0.25) is 4.79 Å². The van der Waals surface area contributed by atoms with Crippen molar-refractivity contribution in [3.05, 3.63) is 59.7 Å². The molecule has 2 aromatic carbocycles. The lowest BCUT2D eigenvalue weighted by Crippen LogP contribution is -2.19. The summed E-state index contributed by atoms with van der Waals surface area (Å²) in [5.41, 5.74) is 9.41. The van der Waals surface area contributed by atoms with E-state index in [1.807, 2.05) is 12.1 Å². The normalized spacial score (nSPS) is 10.9. The molecule has 23 heavy (non-hydrogen) atoms. The molecule has 0 saturated carbocycles. The second kappa shape index (κ2) is 8.49. The van der Waals surface area contributed by atoms with Crippen LogP contribution in [0.25, 0.3) is 11.1 Å². The van der Waals surface area contributed by atoms with E-state index < -0.39 is 5.91 Å². The van der Waals surface area contributed by atoms with Crippen LogP contribution in [0.3, 0.4) is 0 Å². The highest BCUT2D eigenvalue weighted by molar-refractivity contribution is 5.93. The molecule has 122 valence electrons. The van der Waals surface area contributed by atoms with Gasteiger partial charge in [0.05, 0.1) is 0 Å². The first-order valence-electron chi connectivity index (χ1n) is 8.26. The van der Waals surface area contributed by atoms with Crippen molar-refractivity contribution in [2.75, 3.05) is 13.1 Å². The first-order chi connectivity index (χ1) is 11.1. The van der Waals surface area contributed by atoms with E-state index in [0.29, 0.717) is 5.56 Å². The van der Waals surface area contributed by atoms with E-state index >= 15 is 0 Å². The van der Waals surface area contributed by atoms with Crippen molar-refractivity contribution in [1.82, 2.24) is 5.32 Å². The Hall–Kier alpha value is -2.13. The van der Waals surface area contributed by atoms with E-state index in [1.54, 1.807) is 12.1 Å². The summed E-state index contributed by atoms with van der Waals surface area (Å²) < 4.78 is 0. The fourth-order valence-corrected chi connectivity index (χ4v) is 2.48. The maximum atomic E-state index is 11.1. The number of hydrogen-bond donors (Lipinski definition) is 2. The lowest BCUT2D eigenvalue weighted by atomic mass is 10.0. The number of rotatable bonds is 8. The molecular weight excluding hydrogens is 284 g/mol. The monoisotopic (exact) mass is 310 g/mol. The SMILES string of the molecule is CC(C)CCNCCc1cccc(-c2ccc(C(N)=O)cc2)c1. The van der Waals surface area contributed by atoms with E-state index in [-0.39, 0.29) is 0 Å². The van der Waals surface area contributed by atoms with Crippen LogP contribution in [0.2, 0.25) is 0 Å². The zero-order chi connectivity index (χ0) is 16.7. The molecule has 0 atom stereocenters. The molecule has 0 aromatic heterocycles. The second-order valence-electron chi connectivity index (χ2n) is 6.32. The topological polar surface area (TPSA) is 55.1 Å². The van der Waals surface area contributed by atoms with Crippen molar-refractivity contribution >= 4 is 5.91 Å². The van der Waals surface area contributed by atoms with Crippen LogP contribution < -0.4 is 11.1 Å². The van der Waals surface area contributed by atoms with Gasteiger partial charge in [0, 0.05) is 5.56 Å². The number of primary amides is 1. The summed E-state index contributed by atoms with van der Waals surface area (Å²) >= 11 is 0. The predicted octanol–water partition coefficient (Wildman–Crippen LogP) is 3.63. The fraction of sp³-hybridized carbons (Fsp3) is 0.350. The molecule has 0 aliphatic carbocycles. The van der Waals surface area contributed by atoms with Gasteiger partial charge in [-0.1, -0.05) is 50.2 Å². The van der Waals surface area contributed by atoms with Crippen LogP contribution in [0.5, 0.6) is 0 Å². The molecule has 3 nitrogen and oxygen atoms in total. The molecule has 2 rings (SSSR count). The molecule has 0 unspecified atom stereocenters. The molecule has 0 fully saturated rings. The molecule has 0 saturated heterocycles. The van der Waals surface area contributed by atoms with Crippen LogP contribution in [0.1, 0.15) is 36.2 Å². The van der Waals surface area contributed by atoms with Gasteiger partial charge >= 0.3 is 0 Å². The minimum absolute atomic E-state index is 0.391. The number of amides is 1. The summed E-state index contributed by atoms with van der Waals surface area (Å²) in [5.74, 6) is 0.354. The van der Waals surface area contributed by atoms with Crippen molar-refractivity contribution in [2.24, 2.45) is 11.7 Å². The molecule has 0 heterocycles. The zero-order valence-electron chi connectivity index (χ0n) is 14.0. The van der Waals surface area contributed by atoms with E-state index in [4.69, 9.17) is 5.73 Å². The molecule has 0 spiro atoms. The van der Waals surface area contributed by atoms with Gasteiger partial charge in [-0.2, -0.15) is 0 Å². The second-order valence-corrected chi connectivity index (χ2v) is 6.32. The molecule has 0 aliphatic heterocycles. The predicted molar refractivity (Wildman–Crippen MR) is 96.4 cm³/mol. The zero-order valence-corrected chi connectivity index (χ0v) is 14.0. The Kier molecular flexibility index (Phi) is 6.36. The van der Waals surface area contributed by atoms with Crippen molar-refractivity contribution in [3.63, 3.8) is 0 Å². The Morgan fingerprint density at radius 1 is 1.04 bits per heavy atom. The Morgan fingerprint density at radius 3 is 2.43 bits per heavy atom. The lowest BCUT2D eigenvalue weighted by Gasteiger charge is -2.08. The number of nitrogens with one attached hydrogen (secondary N) is 1. The third-order valence-electron chi connectivity index (χ3n) is 3.92. The van der Waals surface area contributed by atoms with Gasteiger partial charge in [0.1, 0.15) is 0 Å². The fourth-order valence-electron chi connectivity index (χ4n) is 2.48. The van der Waals surface area contributed by atoms with Crippen LogP contribution in [-0.2, 0) is 6.42 Å². The van der Waals surface area contributed by atoms with Crippen molar-refractivity contribution in [3.8, 4) is 11.1 Å². The average molecular weight is 310 g/mol. The highest BCUT2D eigenvalue weighted by Gasteiger charge is 2.03. The van der Waals surface area contributed by atoms with E-state index in [1.165, 1.54) is 17.5 Å². The third-order valence-corrected chi connectivity index (χ3v) is 3.92. The standard InChI is InChI=1S/C20H26N2O/c1-15(2)10-12-22-13-11-16-4-3-5-19(14-16)17-6-8-18(9-7-17)20(21)23/h3-9,14-15,22H,10-13H2,1-2H3,(H2,21,23). The van der Waals surface area contributed by atoms with Gasteiger partial charge in [0.25, 0.3) is 0 Å². The highest BCUT2D eigenvalue weighted by Crippen LogP contribution is 2.21. The average Bonchev–Trinajstić information content (AvgIpc) is 2.54. The quantitative estimate of drug-likeness (QED) is 0.732. The Labute approximate surface area is 138 Å². The van der Waals surface area contributed by atoms with Gasteiger partial charge in [-0.15, -0.1) is 0 Å². The smallest absolute Gasteiger partial charge is 0.248 e. The van der Waals surface area contributed by atoms with Gasteiger partial charge in [0.15, 0.2) is 0 Å². The van der Waals surface area contributed by atoms with Gasteiger partial charge < -0.3 is 11.1 Å². The van der Waals surface area contributed by atoms with E-state index in [2.05, 4.69) is 43.4 Å². The first-order valence-corrected chi connectivity index (χ1v) is 8.26. The van der Waals surface area contributed by atoms with E-state index in [9.17, 15) is 4.79 Å². The Morgan fingerprint density at radius 2 is 1.78 bits per heavy atom. The summed E-state index contributed by atoms with van der Waals surface area (Å²) in [5, 5.41) is 3.49. The molecule has 0 aliphatic rings. The van der Waals surface area contributed by atoms with Crippen LogP contribution in [0.15, 0.2) is 48.5 Å². The molecule has 0 radical (unpaired) electrons. The molecule has 2 aromatic rings. The molecule has 3 heteroatoms. The van der Waals surface area contributed by atoms with Gasteiger partial charge in [0.2, 0.25) is 5.91 Å². The van der Waals surface area contributed by atoms with Crippen LogP contribution in [-0.4, -0.2) is 19.0 Å². The van der Waals surface area contributed by atoms with Crippen LogP contribution in [0.4, 0.5) is 0 Å². The summed E-state index contributed by atoms with van der Waals surface area (Å²) in [6, 6.07) is 16.0. The minimum Gasteiger partial charge on any atom is -0.366 e. The summed E-state index contributed by atoms with van der Waals surface area (Å²) in [6.45, 7) is 6.56. The highest BCUT2D eigenvalue weighted by atomic mass is 16.1. The Balaban J connectivity index is 1.95. The van der Waals surface area contributed by atoms with Crippen molar-refractivity contribution in [2.45, 2.75) is 26.7 Å². The number of carbonyl (C=O) groups excluding carboxylic acids is 1. The molecule has 3 N–H and O–H groups in total. The number of hydrogen-bond acceptors (Lipinski definition) is 2. The number of nitrogens with two attached hydrogens (primary N) is 1. The summed E-state index contributed by atoms with van der Waals surface area (Å²) in [6.07, 6.45) is 2.23. The summed E-state index contributed by atoms with van der Waals surface area (Å²) in [4.78, 5) is 11.1. The molecular formula is C20H26N2O. The van der Waals surface area contributed by atoms with Crippen molar-refractivity contribution in [1.29, 1.82) is 0 Å². The van der Waals surface area contributed by atoms with Gasteiger partial charge in [-0.25, -0.2) is 0 Å². The van der Waals surface area contributed by atoms with Gasteiger partial charge in [-0.05, 0) is 60.7 Å². The Bertz CT molecular complexity index is 632. The van der Waals surface area contributed by atoms with Crippen LogP contribution >= 0.6 is 0 Å². The maximum absolute atomic E-state index is 11.1. The van der Waals surface area contributed by atoms with Crippen LogP contribution in [0, 0.1) is 5.92 Å². The maximum Gasteiger partial charge on any atom is 0.248 e. The number of carbonyl (C=O) groups is 1. The van der Waals surface area contributed by atoms with E-state index in [0.717, 1.165) is 31.0 Å². The first kappa shape index (κ1) is 17.2. The minimum atomic E-state index is -0.391. The summed E-state index contributed by atoms with van der Waals surface area (Å²) in [7, 11) is 0. The van der Waals surface area contributed by atoms with Crippen molar-refractivity contribution < 1.29 is 4.79 Å².